The highest BCUT2D eigenvalue weighted by Crippen LogP contribution is 2.34. The molecule has 3 aromatic carbocycles. The quantitative estimate of drug-likeness (QED) is 0.556. The molecule has 1 unspecified atom stereocenters. The van der Waals surface area contributed by atoms with E-state index in [2.05, 4.69) is 12.1 Å². The second-order valence-corrected chi connectivity index (χ2v) is 7.96. The minimum absolute atomic E-state index is 0.0238. The van der Waals surface area contributed by atoms with Crippen LogP contribution < -0.4 is 0 Å². The minimum atomic E-state index is -0.130. The van der Waals surface area contributed by atoms with Gasteiger partial charge in [0, 0.05) is 23.6 Å². The number of carbonyl (C=O) groups is 1. The number of rotatable bonds is 6. The second kappa shape index (κ2) is 9.24. The summed E-state index contributed by atoms with van der Waals surface area (Å²) in [6, 6.07) is 27.7. The van der Waals surface area contributed by atoms with Crippen LogP contribution in [-0.4, -0.2) is 35.1 Å². The standard InChI is InChI=1S/C25H24ClN3O/c1-28(17-19-10-4-2-5-11-19)18-25(30)29-24(20-12-6-3-7-13-20)16-23(27-29)21-14-8-9-15-22(21)26/h2-15,24H,16-18H2,1H3. The number of amides is 1. The van der Waals surface area contributed by atoms with E-state index in [-0.39, 0.29) is 18.5 Å². The molecule has 1 aliphatic rings. The van der Waals surface area contributed by atoms with Crippen molar-refractivity contribution in [1.29, 1.82) is 0 Å². The van der Waals surface area contributed by atoms with E-state index in [1.165, 1.54) is 5.56 Å². The number of benzene rings is 3. The Balaban J connectivity index is 1.56. The molecule has 0 saturated heterocycles. The molecule has 4 rings (SSSR count). The Hall–Kier alpha value is -2.95. The second-order valence-electron chi connectivity index (χ2n) is 7.55. The highest BCUT2D eigenvalue weighted by Gasteiger charge is 2.33. The van der Waals surface area contributed by atoms with Crippen molar-refractivity contribution in [2.75, 3.05) is 13.6 Å². The molecule has 0 saturated carbocycles. The first-order valence-corrected chi connectivity index (χ1v) is 10.4. The third-order valence-electron chi connectivity index (χ3n) is 5.24. The van der Waals surface area contributed by atoms with Crippen LogP contribution in [0.1, 0.15) is 29.2 Å². The summed E-state index contributed by atoms with van der Waals surface area (Å²) in [5, 5.41) is 7.01. The van der Waals surface area contributed by atoms with Crippen LogP contribution in [0, 0.1) is 0 Å². The smallest absolute Gasteiger partial charge is 0.257 e. The maximum atomic E-state index is 13.2. The van der Waals surface area contributed by atoms with E-state index in [0.717, 1.165) is 16.8 Å². The van der Waals surface area contributed by atoms with Crippen LogP contribution in [0.4, 0.5) is 0 Å². The Morgan fingerprint density at radius 3 is 2.33 bits per heavy atom. The Morgan fingerprint density at radius 2 is 1.63 bits per heavy atom. The van der Waals surface area contributed by atoms with Gasteiger partial charge >= 0.3 is 0 Å². The van der Waals surface area contributed by atoms with Gasteiger partial charge in [0.25, 0.3) is 5.91 Å². The summed E-state index contributed by atoms with van der Waals surface area (Å²) in [4.78, 5) is 15.3. The van der Waals surface area contributed by atoms with Gasteiger partial charge < -0.3 is 0 Å². The van der Waals surface area contributed by atoms with Crippen LogP contribution >= 0.6 is 11.6 Å². The van der Waals surface area contributed by atoms with Crippen LogP contribution in [0.3, 0.4) is 0 Å². The molecule has 0 aliphatic carbocycles. The third kappa shape index (κ3) is 4.61. The fourth-order valence-corrected chi connectivity index (χ4v) is 4.03. The highest BCUT2D eigenvalue weighted by atomic mass is 35.5. The average molecular weight is 418 g/mol. The molecule has 1 aliphatic heterocycles. The van der Waals surface area contributed by atoms with Crippen LogP contribution in [-0.2, 0) is 11.3 Å². The molecule has 0 aromatic heterocycles. The van der Waals surface area contributed by atoms with Crippen LogP contribution in [0.15, 0.2) is 90.0 Å². The number of carbonyl (C=O) groups excluding carboxylic acids is 1. The molecular weight excluding hydrogens is 394 g/mol. The van der Waals surface area contributed by atoms with Crippen molar-refractivity contribution in [1.82, 2.24) is 9.91 Å². The van der Waals surface area contributed by atoms with E-state index >= 15 is 0 Å². The first-order valence-electron chi connectivity index (χ1n) is 10.0. The molecule has 4 nitrogen and oxygen atoms in total. The summed E-state index contributed by atoms with van der Waals surface area (Å²) in [6.07, 6.45) is 0.641. The van der Waals surface area contributed by atoms with Crippen LogP contribution in [0.2, 0.25) is 5.02 Å². The molecule has 0 spiro atoms. The minimum Gasteiger partial charge on any atom is -0.293 e. The topological polar surface area (TPSA) is 35.9 Å². The van der Waals surface area contributed by atoms with Crippen molar-refractivity contribution in [3.8, 4) is 0 Å². The van der Waals surface area contributed by atoms with Crippen molar-refractivity contribution in [2.24, 2.45) is 5.10 Å². The van der Waals surface area contributed by atoms with E-state index in [1.807, 2.05) is 84.7 Å². The van der Waals surface area contributed by atoms with Gasteiger partial charge in [-0.3, -0.25) is 9.69 Å². The summed E-state index contributed by atoms with van der Waals surface area (Å²) in [7, 11) is 1.96. The van der Waals surface area contributed by atoms with E-state index in [9.17, 15) is 4.79 Å². The molecule has 0 fully saturated rings. The normalized spacial score (nSPS) is 16.0. The van der Waals surface area contributed by atoms with Gasteiger partial charge in [-0.05, 0) is 24.2 Å². The fraction of sp³-hybridized carbons (Fsp3) is 0.200. The highest BCUT2D eigenvalue weighted by molar-refractivity contribution is 6.34. The van der Waals surface area contributed by atoms with Gasteiger partial charge in [-0.2, -0.15) is 5.10 Å². The number of hydrazone groups is 1. The molecule has 1 atom stereocenters. The Kier molecular flexibility index (Phi) is 6.26. The van der Waals surface area contributed by atoms with Crippen molar-refractivity contribution in [2.45, 2.75) is 19.0 Å². The molecule has 30 heavy (non-hydrogen) atoms. The van der Waals surface area contributed by atoms with Gasteiger partial charge in [-0.1, -0.05) is 90.5 Å². The maximum Gasteiger partial charge on any atom is 0.257 e. The fourth-order valence-electron chi connectivity index (χ4n) is 3.79. The van der Waals surface area contributed by atoms with E-state index < -0.39 is 0 Å². The molecular formula is C25H24ClN3O. The number of nitrogens with zero attached hydrogens (tertiary/aromatic N) is 3. The zero-order valence-electron chi connectivity index (χ0n) is 16.9. The lowest BCUT2D eigenvalue weighted by atomic mass is 9.98. The SMILES string of the molecule is CN(CC(=O)N1N=C(c2ccccc2Cl)CC1c1ccccc1)Cc1ccccc1. The lowest BCUT2D eigenvalue weighted by molar-refractivity contribution is -0.134. The molecule has 1 amide bonds. The third-order valence-corrected chi connectivity index (χ3v) is 5.57. The predicted octanol–water partition coefficient (Wildman–Crippen LogP) is 5.15. The van der Waals surface area contributed by atoms with E-state index in [1.54, 1.807) is 5.01 Å². The lowest BCUT2D eigenvalue weighted by Gasteiger charge is -2.24. The summed E-state index contributed by atoms with van der Waals surface area (Å²) in [5.41, 5.74) is 3.97. The van der Waals surface area contributed by atoms with Crippen LogP contribution in [0.25, 0.3) is 0 Å². The van der Waals surface area contributed by atoms with Crippen molar-refractivity contribution < 1.29 is 4.79 Å². The number of hydrogen-bond acceptors (Lipinski definition) is 3. The summed E-state index contributed by atoms with van der Waals surface area (Å²) in [6.45, 7) is 0.995. The van der Waals surface area contributed by atoms with E-state index in [4.69, 9.17) is 16.7 Å². The average Bonchev–Trinajstić information content (AvgIpc) is 3.21. The molecule has 0 N–H and O–H groups in total. The largest absolute Gasteiger partial charge is 0.293 e. The first kappa shape index (κ1) is 20.3. The summed E-state index contributed by atoms with van der Waals surface area (Å²) in [5.74, 6) is -0.0238. The number of hydrogen-bond donors (Lipinski definition) is 0. The molecule has 0 radical (unpaired) electrons. The van der Waals surface area contributed by atoms with Crippen molar-refractivity contribution >= 4 is 23.2 Å². The van der Waals surface area contributed by atoms with Crippen LogP contribution in [0.5, 0.6) is 0 Å². The Morgan fingerprint density at radius 1 is 1.00 bits per heavy atom. The zero-order chi connectivity index (χ0) is 20.9. The number of likely N-dealkylation sites (N-methyl/N-ethyl adjacent to an activating group) is 1. The monoisotopic (exact) mass is 417 g/mol. The molecule has 152 valence electrons. The van der Waals surface area contributed by atoms with Crippen molar-refractivity contribution in [3.63, 3.8) is 0 Å². The molecule has 1 heterocycles. The molecule has 0 bridgehead atoms. The van der Waals surface area contributed by atoms with Gasteiger partial charge in [-0.25, -0.2) is 5.01 Å². The van der Waals surface area contributed by atoms with Gasteiger partial charge in [0.1, 0.15) is 0 Å². The molecule has 3 aromatic rings. The maximum absolute atomic E-state index is 13.2. The zero-order valence-corrected chi connectivity index (χ0v) is 17.7. The van der Waals surface area contributed by atoms with Gasteiger partial charge in [0.15, 0.2) is 0 Å². The Labute approximate surface area is 182 Å². The summed E-state index contributed by atoms with van der Waals surface area (Å²) >= 11 is 6.41. The summed E-state index contributed by atoms with van der Waals surface area (Å²) < 4.78 is 0. The van der Waals surface area contributed by atoms with Gasteiger partial charge in [0.05, 0.1) is 18.3 Å². The van der Waals surface area contributed by atoms with E-state index in [0.29, 0.717) is 18.0 Å². The number of halogens is 1. The van der Waals surface area contributed by atoms with Crippen molar-refractivity contribution in [3.05, 3.63) is 107 Å². The molecule has 5 heteroatoms. The lowest BCUT2D eigenvalue weighted by Crippen LogP contribution is -2.36. The van der Waals surface area contributed by atoms with Gasteiger partial charge in [-0.15, -0.1) is 0 Å². The van der Waals surface area contributed by atoms with Gasteiger partial charge in [0.2, 0.25) is 0 Å². The first-order chi connectivity index (χ1) is 14.6. The predicted molar refractivity (Wildman–Crippen MR) is 121 cm³/mol. The Bertz CT molecular complexity index is 1040.